The molecule has 0 saturated heterocycles. The molecular weight excluding hydrogens is 399 g/mol. The van der Waals surface area contributed by atoms with Crippen LogP contribution in [0.15, 0.2) is 72.9 Å². The van der Waals surface area contributed by atoms with E-state index in [2.05, 4.69) is 35.0 Å². The summed E-state index contributed by atoms with van der Waals surface area (Å²) in [7, 11) is -0.137. The maximum absolute atomic E-state index is 8.95. The van der Waals surface area contributed by atoms with Crippen LogP contribution < -0.4 is 0 Å². The third-order valence-electron chi connectivity index (χ3n) is 1.84. The molecule has 1 aromatic carbocycles. The van der Waals surface area contributed by atoms with Crippen molar-refractivity contribution in [1.82, 2.24) is 0 Å². The van der Waals surface area contributed by atoms with Crippen LogP contribution in [0, 0.1) is 12.2 Å². The fourth-order valence-electron chi connectivity index (χ4n) is 1.07. The Kier molecular flexibility index (Phi) is 17.8. The zero-order chi connectivity index (χ0) is 15.8. The van der Waals surface area contributed by atoms with E-state index in [-0.39, 0.29) is 26.2 Å². The smallest absolute Gasteiger partial charge is 0.273 e. The van der Waals surface area contributed by atoms with Crippen molar-refractivity contribution in [2.24, 2.45) is 0 Å². The minimum Gasteiger partial charge on any atom is -0.273 e. The van der Waals surface area contributed by atoms with E-state index in [4.69, 9.17) is 13.0 Å². The molecule has 3 nitrogen and oxygen atoms in total. The summed E-state index contributed by atoms with van der Waals surface area (Å²) >= 11 is 0. The standard InChI is InChI=1S/C6H6.2C5H5.ClHO3S.Zr/c1-2-4-6-5-3-1;2*1-2-4-5-3-1;1-5(2,3)4;/h1-6H;2*1-3H,4H2;(H,2,3,4);/q;2*-1;;+2. The molecule has 2 aliphatic rings. The molecule has 0 saturated carbocycles. The predicted octanol–water partition coefficient (Wildman–Crippen LogP) is 4.32. The molecule has 0 radical (unpaired) electrons. The average molecular weight is 416 g/mol. The SMILES string of the molecule is O=S(=O)(O)Cl.[C-]1=CC=CC1.[C-]1=CC=CC1.[Zr+2].c1ccccc1. The molecule has 1 aromatic rings. The minimum atomic E-state index is -4.19. The van der Waals surface area contributed by atoms with E-state index >= 15 is 0 Å². The first kappa shape index (κ1) is 23.5. The summed E-state index contributed by atoms with van der Waals surface area (Å²) in [4.78, 5) is 0. The summed E-state index contributed by atoms with van der Waals surface area (Å²) in [5.74, 6) is 0. The summed E-state index contributed by atoms with van der Waals surface area (Å²) < 4.78 is 25.2. The van der Waals surface area contributed by atoms with Gasteiger partial charge in [-0.1, -0.05) is 36.4 Å². The number of hydrogen-bond donors (Lipinski definition) is 1. The van der Waals surface area contributed by atoms with Gasteiger partial charge in [0.05, 0.1) is 0 Å². The first-order valence-corrected chi connectivity index (χ1v) is 8.37. The molecule has 116 valence electrons. The third-order valence-corrected chi connectivity index (χ3v) is 1.84. The van der Waals surface area contributed by atoms with Crippen LogP contribution in [0.25, 0.3) is 0 Å². The van der Waals surface area contributed by atoms with E-state index in [1.807, 2.05) is 60.7 Å². The monoisotopic (exact) mass is 414 g/mol. The summed E-state index contributed by atoms with van der Waals surface area (Å²) in [6.45, 7) is 0. The Balaban J connectivity index is 0. The Hall–Kier alpha value is -0.737. The predicted molar refractivity (Wildman–Crippen MR) is 87.0 cm³/mol. The van der Waals surface area contributed by atoms with Crippen LogP contribution in [0.1, 0.15) is 12.8 Å². The molecule has 0 bridgehead atoms. The van der Waals surface area contributed by atoms with Crippen LogP contribution in [0.4, 0.5) is 0 Å². The normalized spacial score (nSPS) is 12.8. The number of halogens is 1. The van der Waals surface area contributed by atoms with E-state index < -0.39 is 9.33 Å². The zero-order valence-electron chi connectivity index (χ0n) is 11.9. The number of benzene rings is 1. The summed E-state index contributed by atoms with van der Waals surface area (Å²) in [5, 5.41) is 0. The molecule has 1 N–H and O–H groups in total. The molecule has 0 heterocycles. The first-order valence-electron chi connectivity index (χ1n) is 6.10. The van der Waals surface area contributed by atoms with Crippen molar-refractivity contribution in [3.63, 3.8) is 0 Å². The minimum absolute atomic E-state index is 0. The molecule has 0 aliphatic heterocycles. The van der Waals surface area contributed by atoms with Crippen molar-refractivity contribution in [2.75, 3.05) is 0 Å². The molecule has 0 aromatic heterocycles. The van der Waals surface area contributed by atoms with Crippen molar-refractivity contribution in [1.29, 1.82) is 0 Å². The second-order valence-electron chi connectivity index (χ2n) is 3.57. The van der Waals surface area contributed by atoms with Gasteiger partial charge in [0, 0.05) is 10.7 Å². The Labute approximate surface area is 156 Å². The number of allylic oxidation sites excluding steroid dienone is 8. The van der Waals surface area contributed by atoms with Crippen molar-refractivity contribution in [3.8, 4) is 0 Å². The fourth-order valence-corrected chi connectivity index (χ4v) is 1.07. The second kappa shape index (κ2) is 16.6. The first-order chi connectivity index (χ1) is 10.0. The van der Waals surface area contributed by atoms with Gasteiger partial charge in [-0.2, -0.15) is 20.6 Å². The van der Waals surface area contributed by atoms with Crippen molar-refractivity contribution in [3.05, 3.63) is 85.0 Å². The maximum atomic E-state index is 8.95. The van der Waals surface area contributed by atoms with Crippen LogP contribution in [0.2, 0.25) is 0 Å². The van der Waals surface area contributed by atoms with E-state index in [0.717, 1.165) is 12.8 Å². The fraction of sp³-hybridized carbons (Fsp3) is 0.125. The average Bonchev–Trinajstić information content (AvgIpc) is 3.18. The molecule has 22 heavy (non-hydrogen) atoms. The summed E-state index contributed by atoms with van der Waals surface area (Å²) in [5.41, 5.74) is 0. The van der Waals surface area contributed by atoms with Gasteiger partial charge in [0.15, 0.2) is 0 Å². The van der Waals surface area contributed by atoms with Gasteiger partial charge in [0.25, 0.3) is 0 Å². The zero-order valence-corrected chi connectivity index (χ0v) is 15.9. The molecular formula is C16H17ClO3SZr. The van der Waals surface area contributed by atoms with Gasteiger partial charge >= 0.3 is 35.5 Å². The van der Waals surface area contributed by atoms with Gasteiger partial charge < -0.3 is 0 Å². The topological polar surface area (TPSA) is 54.4 Å². The van der Waals surface area contributed by atoms with E-state index in [1.54, 1.807) is 0 Å². The summed E-state index contributed by atoms with van der Waals surface area (Å²) in [6.07, 6.45) is 20.0. The van der Waals surface area contributed by atoms with E-state index in [1.165, 1.54) is 0 Å². The molecule has 3 rings (SSSR count). The van der Waals surface area contributed by atoms with Gasteiger partial charge in [-0.25, -0.2) is 24.3 Å². The molecule has 0 fully saturated rings. The second-order valence-corrected chi connectivity index (χ2v) is 5.57. The molecule has 0 atom stereocenters. The van der Waals surface area contributed by atoms with E-state index in [0.29, 0.717) is 0 Å². The molecule has 0 amide bonds. The van der Waals surface area contributed by atoms with Crippen LogP contribution >= 0.6 is 10.7 Å². The van der Waals surface area contributed by atoms with Crippen molar-refractivity contribution in [2.45, 2.75) is 12.8 Å². The Morgan fingerprint density at radius 3 is 1.18 bits per heavy atom. The van der Waals surface area contributed by atoms with Gasteiger partial charge in [-0.15, -0.1) is 12.8 Å². The number of hydrogen-bond acceptors (Lipinski definition) is 2. The number of rotatable bonds is 0. The third kappa shape index (κ3) is 27.6. The van der Waals surface area contributed by atoms with Crippen molar-refractivity contribution >= 4 is 20.0 Å². The van der Waals surface area contributed by atoms with Crippen LogP contribution in [0.5, 0.6) is 0 Å². The largest absolute Gasteiger partial charge is 2.00 e. The van der Waals surface area contributed by atoms with Crippen LogP contribution in [0.3, 0.4) is 0 Å². The molecule has 2 aliphatic carbocycles. The Bertz CT molecular complexity index is 488. The van der Waals surface area contributed by atoms with Crippen LogP contribution in [-0.4, -0.2) is 13.0 Å². The van der Waals surface area contributed by atoms with Gasteiger partial charge in [-0.05, 0) is 0 Å². The molecule has 0 unspecified atom stereocenters. The van der Waals surface area contributed by atoms with Crippen LogP contribution in [-0.2, 0) is 35.5 Å². The molecule has 0 spiro atoms. The Morgan fingerprint density at radius 1 is 0.818 bits per heavy atom. The van der Waals surface area contributed by atoms with Gasteiger partial charge in [-0.3, -0.25) is 16.7 Å². The molecule has 6 heteroatoms. The maximum Gasteiger partial charge on any atom is 2.00 e. The van der Waals surface area contributed by atoms with E-state index in [9.17, 15) is 0 Å². The van der Waals surface area contributed by atoms with Gasteiger partial charge in [0.2, 0.25) is 0 Å². The summed E-state index contributed by atoms with van der Waals surface area (Å²) in [6, 6.07) is 12.0. The van der Waals surface area contributed by atoms with Gasteiger partial charge in [0.1, 0.15) is 0 Å². The Morgan fingerprint density at radius 2 is 1.09 bits per heavy atom. The quantitative estimate of drug-likeness (QED) is 0.390. The van der Waals surface area contributed by atoms with Crippen molar-refractivity contribution < 1.29 is 39.2 Å².